The molecule has 0 radical (unpaired) electrons. The minimum atomic E-state index is -0.484. The van der Waals surface area contributed by atoms with Crippen LogP contribution in [0.3, 0.4) is 0 Å². The van der Waals surface area contributed by atoms with Crippen molar-refractivity contribution < 1.29 is 34.3 Å². The van der Waals surface area contributed by atoms with Crippen LogP contribution in [0.4, 0.5) is 0 Å². The summed E-state index contributed by atoms with van der Waals surface area (Å²) in [5.74, 6) is 5.27. The SMILES string of the molecule is CCc1cc(O)c2c3ccc(cc13)COc1cc(ccc1OC)CCC(=O)C[C@H](C[C@@H]1C=C(O)C=C[C@H]1CCCCc1cccc(O)c1)OC#CC2. The Labute approximate surface area is 306 Å². The smallest absolute Gasteiger partial charge is 0.161 e. The number of hydrogen-bond acceptors (Lipinski definition) is 7. The molecule has 4 aromatic carbocycles. The van der Waals surface area contributed by atoms with Crippen molar-refractivity contribution in [3.05, 3.63) is 119 Å². The minimum absolute atomic E-state index is 0.0305. The first-order valence-corrected chi connectivity index (χ1v) is 18.4. The highest BCUT2D eigenvalue weighted by Gasteiger charge is 2.27. The molecule has 3 aliphatic rings. The summed E-state index contributed by atoms with van der Waals surface area (Å²) < 4.78 is 18.1. The molecular formula is C45H48O7. The fourth-order valence-electron chi connectivity index (χ4n) is 7.41. The predicted molar refractivity (Wildman–Crippen MR) is 204 cm³/mol. The number of phenols is 2. The van der Waals surface area contributed by atoms with E-state index in [0.29, 0.717) is 37.4 Å². The zero-order chi connectivity index (χ0) is 36.5. The van der Waals surface area contributed by atoms with Gasteiger partial charge in [0.25, 0.3) is 0 Å². The van der Waals surface area contributed by atoms with Gasteiger partial charge in [0.1, 0.15) is 41.9 Å². The Morgan fingerprint density at radius 1 is 0.923 bits per heavy atom. The molecule has 52 heavy (non-hydrogen) atoms. The van der Waals surface area contributed by atoms with E-state index in [1.54, 1.807) is 19.3 Å². The van der Waals surface area contributed by atoms with Gasteiger partial charge in [0.2, 0.25) is 0 Å². The number of aliphatic hydroxyl groups is 1. The Bertz CT molecular complexity index is 2010. The molecule has 0 saturated heterocycles. The summed E-state index contributed by atoms with van der Waals surface area (Å²) in [5, 5.41) is 33.4. The van der Waals surface area contributed by atoms with Crippen LogP contribution in [-0.2, 0) is 41.8 Å². The highest BCUT2D eigenvalue weighted by atomic mass is 16.5. The lowest BCUT2D eigenvalue weighted by Crippen LogP contribution is -2.24. The maximum Gasteiger partial charge on any atom is 0.161 e. The van der Waals surface area contributed by atoms with Gasteiger partial charge in [-0.05, 0) is 132 Å². The van der Waals surface area contributed by atoms with Crippen molar-refractivity contribution in [3.8, 4) is 35.0 Å². The number of aromatic hydroxyl groups is 2. The number of allylic oxidation sites excluding steroid dienone is 3. The van der Waals surface area contributed by atoms with Crippen LogP contribution in [0.2, 0.25) is 0 Å². The highest BCUT2D eigenvalue weighted by molar-refractivity contribution is 5.91. The summed E-state index contributed by atoms with van der Waals surface area (Å²) in [7, 11) is 1.62. The van der Waals surface area contributed by atoms with Crippen molar-refractivity contribution in [1.82, 2.24) is 0 Å². The molecule has 7 nitrogen and oxygen atoms in total. The Morgan fingerprint density at radius 3 is 2.62 bits per heavy atom. The van der Waals surface area contributed by atoms with Gasteiger partial charge in [-0.2, -0.15) is 0 Å². The summed E-state index contributed by atoms with van der Waals surface area (Å²) in [6.07, 6.45) is 14.5. The number of aliphatic hydroxyl groups excluding tert-OH is 1. The molecule has 6 bridgehead atoms. The number of aryl methyl sites for hydroxylation is 3. The minimum Gasteiger partial charge on any atom is -0.508 e. The molecule has 4 aromatic rings. The molecule has 270 valence electrons. The first-order valence-electron chi connectivity index (χ1n) is 18.4. The Hall–Kier alpha value is -5.35. The Balaban J connectivity index is 1.24. The fraction of sp³-hybridized carbons (Fsp3) is 0.356. The van der Waals surface area contributed by atoms with Gasteiger partial charge in [-0.1, -0.05) is 55.7 Å². The van der Waals surface area contributed by atoms with Gasteiger partial charge in [0.05, 0.1) is 7.11 Å². The lowest BCUT2D eigenvalue weighted by molar-refractivity contribution is -0.121. The number of carbonyl (C=O) groups excluding carboxylic acids is 1. The number of ketones is 1. The van der Waals surface area contributed by atoms with E-state index < -0.39 is 6.10 Å². The van der Waals surface area contributed by atoms with Gasteiger partial charge in [-0.25, -0.2) is 0 Å². The molecule has 0 unspecified atom stereocenters. The monoisotopic (exact) mass is 700 g/mol. The van der Waals surface area contributed by atoms with Gasteiger partial charge < -0.3 is 29.5 Å². The van der Waals surface area contributed by atoms with Crippen LogP contribution in [0.5, 0.6) is 23.0 Å². The number of carbonyl (C=O) groups is 1. The number of hydrogen-bond donors (Lipinski definition) is 3. The average Bonchev–Trinajstić information content (AvgIpc) is 3.14. The molecule has 1 aliphatic carbocycles. The quantitative estimate of drug-likeness (QED) is 0.118. The first kappa shape index (κ1) is 36.4. The molecular weight excluding hydrogens is 652 g/mol. The molecule has 0 saturated carbocycles. The molecule has 2 heterocycles. The third-order valence-corrected chi connectivity index (χ3v) is 10.2. The van der Waals surface area contributed by atoms with Gasteiger partial charge >= 0.3 is 0 Å². The Morgan fingerprint density at radius 2 is 1.79 bits per heavy atom. The van der Waals surface area contributed by atoms with E-state index in [0.717, 1.165) is 70.7 Å². The van der Waals surface area contributed by atoms with E-state index in [1.165, 1.54) is 0 Å². The molecule has 7 rings (SSSR count). The number of ether oxygens (including phenoxy) is 3. The van der Waals surface area contributed by atoms with Crippen molar-refractivity contribution >= 4 is 16.6 Å². The number of fused-ring (bicyclic) bond motifs is 9. The van der Waals surface area contributed by atoms with Gasteiger partial charge in [0, 0.05) is 24.8 Å². The van der Waals surface area contributed by atoms with Gasteiger partial charge in [-0.3, -0.25) is 4.79 Å². The molecule has 3 N–H and O–H groups in total. The van der Waals surface area contributed by atoms with Crippen molar-refractivity contribution in [2.75, 3.05) is 7.11 Å². The molecule has 2 aliphatic heterocycles. The van der Waals surface area contributed by atoms with Crippen LogP contribution in [0, 0.1) is 23.9 Å². The van der Waals surface area contributed by atoms with Crippen LogP contribution < -0.4 is 9.47 Å². The lowest BCUT2D eigenvalue weighted by atomic mass is 9.80. The summed E-state index contributed by atoms with van der Waals surface area (Å²) in [6.45, 7) is 2.41. The molecule has 3 atom stereocenters. The maximum atomic E-state index is 13.5. The topological polar surface area (TPSA) is 105 Å². The predicted octanol–water partition coefficient (Wildman–Crippen LogP) is 9.24. The van der Waals surface area contributed by atoms with Crippen molar-refractivity contribution in [2.45, 2.75) is 83.8 Å². The number of rotatable bonds is 9. The standard InChI is InChI=1S/C45H48O7/c1-3-33-27-43(49)41-12-7-21-51-39(26-35-25-37(47)18-16-34(35)10-5-4-8-30-9-6-11-36(46)22-30)28-38(48)17-13-31-15-20-44(50-2)45(24-31)52-29-32-14-19-40(41)42(33)23-32/h6,9,11,14-16,18-20,22-25,27,34-35,39,46-47,49H,3-5,8,10,12-13,17,26,28-29H2,1-2H3/t34-,35+,39+/m1/s1. The summed E-state index contributed by atoms with van der Waals surface area (Å²) in [6, 6.07) is 21.1. The molecule has 0 fully saturated rings. The van der Waals surface area contributed by atoms with Gasteiger partial charge in [-0.15, -0.1) is 0 Å². The van der Waals surface area contributed by atoms with E-state index >= 15 is 0 Å². The second-order valence-corrected chi connectivity index (χ2v) is 13.9. The Kier molecular flexibility index (Phi) is 12.1. The normalized spacial score (nSPS) is 19.1. The van der Waals surface area contributed by atoms with Crippen LogP contribution in [0.25, 0.3) is 10.8 Å². The molecule has 0 amide bonds. The second-order valence-electron chi connectivity index (χ2n) is 13.9. The van der Waals surface area contributed by atoms with Gasteiger partial charge in [0.15, 0.2) is 11.5 Å². The van der Waals surface area contributed by atoms with Crippen molar-refractivity contribution in [3.63, 3.8) is 0 Å². The third-order valence-electron chi connectivity index (χ3n) is 10.2. The fourth-order valence-corrected chi connectivity index (χ4v) is 7.41. The molecule has 0 spiro atoms. The van der Waals surface area contributed by atoms with Crippen LogP contribution >= 0.6 is 0 Å². The zero-order valence-corrected chi connectivity index (χ0v) is 30.1. The number of phenolic OH excluding ortho intramolecular Hbond substituents is 2. The average molecular weight is 701 g/mol. The summed E-state index contributed by atoms with van der Waals surface area (Å²) in [5.41, 5.74) is 4.84. The molecule has 0 aromatic heterocycles. The van der Waals surface area contributed by atoms with Crippen LogP contribution in [0.15, 0.2) is 90.7 Å². The number of Topliss-reactive ketones (excluding diaryl/α,β-unsaturated/α-hetero) is 1. The van der Waals surface area contributed by atoms with Crippen molar-refractivity contribution in [1.29, 1.82) is 0 Å². The van der Waals surface area contributed by atoms with Crippen molar-refractivity contribution in [2.24, 2.45) is 11.8 Å². The number of methoxy groups -OCH3 is 1. The first-order chi connectivity index (χ1) is 25.3. The third kappa shape index (κ3) is 9.30. The van der Waals surface area contributed by atoms with E-state index in [9.17, 15) is 20.1 Å². The summed E-state index contributed by atoms with van der Waals surface area (Å²) in [4.78, 5) is 13.5. The highest BCUT2D eigenvalue weighted by Crippen LogP contribution is 2.35. The van der Waals surface area contributed by atoms with E-state index in [4.69, 9.17) is 14.2 Å². The van der Waals surface area contributed by atoms with Crippen LogP contribution in [-0.4, -0.2) is 34.3 Å². The van der Waals surface area contributed by atoms with E-state index in [2.05, 4.69) is 31.1 Å². The van der Waals surface area contributed by atoms with E-state index in [-0.39, 0.29) is 47.7 Å². The number of unbranched alkanes of at least 4 members (excludes halogenated alkanes) is 1. The largest absolute Gasteiger partial charge is 0.508 e. The summed E-state index contributed by atoms with van der Waals surface area (Å²) >= 11 is 0. The lowest BCUT2D eigenvalue weighted by Gasteiger charge is -2.28. The second kappa shape index (κ2) is 17.2. The van der Waals surface area contributed by atoms with Crippen LogP contribution in [0.1, 0.15) is 73.3 Å². The van der Waals surface area contributed by atoms with E-state index in [1.807, 2.05) is 60.7 Å². The zero-order valence-electron chi connectivity index (χ0n) is 30.1. The molecule has 7 heteroatoms. The number of benzene rings is 4. The maximum absolute atomic E-state index is 13.5.